The highest BCUT2D eigenvalue weighted by atomic mass is 32.1. The fourth-order valence-electron chi connectivity index (χ4n) is 5.96. The zero-order valence-corrected chi connectivity index (χ0v) is 20.4. The van der Waals surface area contributed by atoms with Crippen LogP contribution in [0.15, 0.2) is 117 Å². The van der Waals surface area contributed by atoms with Gasteiger partial charge in [0.05, 0.1) is 0 Å². The average Bonchev–Trinajstić information content (AvgIpc) is 3.64. The lowest BCUT2D eigenvalue weighted by atomic mass is 9.91. The summed E-state index contributed by atoms with van der Waals surface area (Å²) < 4.78 is 13.7. The molecule has 0 spiro atoms. The van der Waals surface area contributed by atoms with Gasteiger partial charge in [-0.2, -0.15) is 0 Å². The van der Waals surface area contributed by atoms with Gasteiger partial charge in [-0.3, -0.25) is 0 Å². The number of rotatable bonds is 1. The first-order valence-corrected chi connectivity index (χ1v) is 13.3. The van der Waals surface area contributed by atoms with Gasteiger partial charge in [0.15, 0.2) is 0 Å². The van der Waals surface area contributed by atoms with Gasteiger partial charge in [0.2, 0.25) is 0 Å². The average molecular weight is 491 g/mol. The first-order valence-electron chi connectivity index (χ1n) is 12.4. The summed E-state index contributed by atoms with van der Waals surface area (Å²) >= 11 is 1.79. The van der Waals surface area contributed by atoms with Gasteiger partial charge in [-0.15, -0.1) is 11.3 Å². The minimum Gasteiger partial charge on any atom is -0.456 e. The number of benzene rings is 6. The van der Waals surface area contributed by atoms with Crippen LogP contribution in [0, 0.1) is 0 Å². The summed E-state index contributed by atoms with van der Waals surface area (Å²) in [5.74, 6) is 0. The molecule has 37 heavy (non-hydrogen) atoms. The van der Waals surface area contributed by atoms with Crippen LogP contribution >= 0.6 is 11.3 Å². The van der Waals surface area contributed by atoms with Crippen LogP contribution in [-0.2, 0) is 0 Å². The monoisotopic (exact) mass is 490 g/mol. The van der Waals surface area contributed by atoms with Crippen molar-refractivity contribution in [2.24, 2.45) is 0 Å². The predicted octanol–water partition coefficient (Wildman–Crippen LogP) is 10.7. The molecule has 3 aromatic heterocycles. The summed E-state index contributed by atoms with van der Waals surface area (Å²) in [5, 5.41) is 13.0. The molecule has 0 amide bonds. The van der Waals surface area contributed by atoms with Crippen molar-refractivity contribution < 1.29 is 8.83 Å². The molecule has 3 heteroatoms. The maximum atomic E-state index is 6.31. The zero-order valence-electron chi connectivity index (χ0n) is 19.6. The van der Waals surface area contributed by atoms with Gasteiger partial charge < -0.3 is 8.83 Å². The lowest BCUT2D eigenvalue weighted by molar-refractivity contribution is 0.669. The molecule has 6 aromatic carbocycles. The van der Waals surface area contributed by atoms with E-state index in [1.54, 1.807) is 11.3 Å². The fraction of sp³-hybridized carbons (Fsp3) is 0. The van der Waals surface area contributed by atoms with Gasteiger partial charge >= 0.3 is 0 Å². The van der Waals surface area contributed by atoms with Gasteiger partial charge in [-0.05, 0) is 104 Å². The standard InChI is InChI=1S/C34H18O2S/c1-3-7-30-22(5-1)28-13-19(9-10-32(28)35-30)24-15-21-16-34-20(11-12-37-34)14-25(21)27-18-33-29(17-26(24)27)23-6-2-4-8-31(23)36-33/h1-18H. The molecule has 0 aliphatic carbocycles. The van der Waals surface area contributed by atoms with Crippen LogP contribution in [0.2, 0.25) is 0 Å². The van der Waals surface area contributed by atoms with Crippen LogP contribution in [0.5, 0.6) is 0 Å². The number of furan rings is 2. The van der Waals surface area contributed by atoms with E-state index >= 15 is 0 Å². The molecule has 0 N–H and O–H groups in total. The van der Waals surface area contributed by atoms with Gasteiger partial charge in [0, 0.05) is 26.2 Å². The molecular weight excluding hydrogens is 472 g/mol. The molecule has 0 aliphatic rings. The summed E-state index contributed by atoms with van der Waals surface area (Å²) in [6.45, 7) is 0. The van der Waals surface area contributed by atoms with E-state index in [1.807, 2.05) is 24.3 Å². The minimum absolute atomic E-state index is 0.915. The maximum absolute atomic E-state index is 6.31. The van der Waals surface area contributed by atoms with E-state index < -0.39 is 0 Å². The zero-order chi connectivity index (χ0) is 24.1. The van der Waals surface area contributed by atoms with E-state index in [9.17, 15) is 0 Å². The summed E-state index contributed by atoms with van der Waals surface area (Å²) in [4.78, 5) is 0. The third-order valence-electron chi connectivity index (χ3n) is 7.71. The topological polar surface area (TPSA) is 26.3 Å². The minimum atomic E-state index is 0.915. The molecule has 2 nitrogen and oxygen atoms in total. The Morgan fingerprint density at radius 2 is 1.16 bits per heavy atom. The van der Waals surface area contributed by atoms with E-state index in [0.717, 1.165) is 43.9 Å². The van der Waals surface area contributed by atoms with Gasteiger partial charge in [-0.1, -0.05) is 42.5 Å². The van der Waals surface area contributed by atoms with Crippen LogP contribution in [0.1, 0.15) is 0 Å². The molecule has 0 bridgehead atoms. The maximum Gasteiger partial charge on any atom is 0.136 e. The fourth-order valence-corrected chi connectivity index (χ4v) is 6.78. The van der Waals surface area contributed by atoms with E-state index in [2.05, 4.69) is 84.2 Å². The summed E-state index contributed by atoms with van der Waals surface area (Å²) in [7, 11) is 0. The first-order chi connectivity index (χ1) is 18.3. The highest BCUT2D eigenvalue weighted by Crippen LogP contribution is 2.42. The highest BCUT2D eigenvalue weighted by molar-refractivity contribution is 7.17. The number of hydrogen-bond acceptors (Lipinski definition) is 3. The quantitative estimate of drug-likeness (QED) is 0.214. The third kappa shape index (κ3) is 2.69. The Morgan fingerprint density at radius 3 is 2.00 bits per heavy atom. The lowest BCUT2D eigenvalue weighted by Crippen LogP contribution is -1.86. The third-order valence-corrected chi connectivity index (χ3v) is 8.59. The van der Waals surface area contributed by atoms with Crippen molar-refractivity contribution in [3.8, 4) is 11.1 Å². The highest BCUT2D eigenvalue weighted by Gasteiger charge is 2.16. The number of thiophene rings is 1. The van der Waals surface area contributed by atoms with E-state index in [1.165, 1.54) is 42.8 Å². The smallest absolute Gasteiger partial charge is 0.136 e. The van der Waals surface area contributed by atoms with Crippen molar-refractivity contribution in [2.45, 2.75) is 0 Å². The Hall–Kier alpha value is -4.60. The van der Waals surface area contributed by atoms with E-state index in [-0.39, 0.29) is 0 Å². The Labute approximate surface area is 214 Å². The number of para-hydroxylation sites is 2. The van der Waals surface area contributed by atoms with Crippen LogP contribution in [0.4, 0.5) is 0 Å². The van der Waals surface area contributed by atoms with E-state index in [4.69, 9.17) is 8.83 Å². The second-order valence-electron chi connectivity index (χ2n) is 9.76. The molecule has 9 rings (SSSR count). The van der Waals surface area contributed by atoms with Crippen LogP contribution in [0.3, 0.4) is 0 Å². The van der Waals surface area contributed by atoms with Crippen molar-refractivity contribution >= 4 is 86.8 Å². The van der Waals surface area contributed by atoms with Crippen molar-refractivity contribution in [3.63, 3.8) is 0 Å². The molecule has 0 radical (unpaired) electrons. The lowest BCUT2D eigenvalue weighted by Gasteiger charge is -2.12. The summed E-state index contributed by atoms with van der Waals surface area (Å²) in [5.41, 5.74) is 6.09. The van der Waals surface area contributed by atoms with Crippen LogP contribution in [0.25, 0.3) is 86.6 Å². The van der Waals surface area contributed by atoms with Gasteiger partial charge in [0.25, 0.3) is 0 Å². The molecular formula is C34H18O2S. The second-order valence-corrected chi connectivity index (χ2v) is 10.7. The van der Waals surface area contributed by atoms with Crippen molar-refractivity contribution in [3.05, 3.63) is 109 Å². The molecule has 0 unspecified atom stereocenters. The Balaban J connectivity index is 1.45. The molecule has 0 saturated carbocycles. The van der Waals surface area contributed by atoms with Gasteiger partial charge in [-0.25, -0.2) is 0 Å². The number of fused-ring (bicyclic) bond motifs is 10. The second kappa shape index (κ2) is 7.00. The molecule has 0 atom stereocenters. The predicted molar refractivity (Wildman–Crippen MR) is 157 cm³/mol. The Morgan fingerprint density at radius 1 is 0.432 bits per heavy atom. The van der Waals surface area contributed by atoms with Crippen LogP contribution in [-0.4, -0.2) is 0 Å². The first kappa shape index (κ1) is 19.6. The molecule has 0 fully saturated rings. The normalized spacial score (nSPS) is 12.3. The molecule has 3 heterocycles. The molecule has 9 aromatic rings. The largest absolute Gasteiger partial charge is 0.456 e. The summed E-state index contributed by atoms with van der Waals surface area (Å²) in [6.07, 6.45) is 0. The Kier molecular flexibility index (Phi) is 3.70. The van der Waals surface area contributed by atoms with Gasteiger partial charge in [0.1, 0.15) is 22.3 Å². The van der Waals surface area contributed by atoms with E-state index in [0.29, 0.717) is 0 Å². The molecule has 0 aliphatic heterocycles. The molecule has 172 valence electrons. The number of hydrogen-bond donors (Lipinski definition) is 0. The summed E-state index contributed by atoms with van der Waals surface area (Å²) in [6, 6.07) is 36.9. The van der Waals surface area contributed by atoms with Crippen molar-refractivity contribution in [2.75, 3.05) is 0 Å². The van der Waals surface area contributed by atoms with Crippen molar-refractivity contribution in [1.82, 2.24) is 0 Å². The Bertz CT molecular complexity index is 2360. The SMILES string of the molecule is c1ccc2c(c1)oc1ccc(-c3cc4cc5sccc5cc4c4cc5oc6ccccc6c5cc34)cc12. The van der Waals surface area contributed by atoms with Crippen molar-refractivity contribution in [1.29, 1.82) is 0 Å². The van der Waals surface area contributed by atoms with Crippen LogP contribution < -0.4 is 0 Å². The molecule has 0 saturated heterocycles.